The quantitative estimate of drug-likeness (QED) is 0.670. The van der Waals surface area contributed by atoms with Crippen molar-refractivity contribution in [3.05, 3.63) is 34.9 Å². The molecule has 0 heterocycles. The minimum absolute atomic E-state index is 0.385. The first-order valence-corrected chi connectivity index (χ1v) is 7.19. The second kappa shape index (κ2) is 10.2. The van der Waals surface area contributed by atoms with Gasteiger partial charge in [-0.1, -0.05) is 36.7 Å². The minimum atomic E-state index is 0.385. The van der Waals surface area contributed by atoms with Gasteiger partial charge in [-0.2, -0.15) is 0 Å². The molecule has 1 N–H and O–H groups in total. The van der Waals surface area contributed by atoms with E-state index in [9.17, 15) is 0 Å². The third-order valence-corrected chi connectivity index (χ3v) is 3.37. The summed E-state index contributed by atoms with van der Waals surface area (Å²) in [5, 5.41) is 4.22. The Morgan fingerprint density at radius 1 is 1.21 bits per heavy atom. The number of likely N-dealkylation sites (N-methyl/N-ethyl adjacent to an activating group) is 1. The van der Waals surface area contributed by atoms with Crippen LogP contribution < -0.4 is 5.32 Å². The SMILES string of the molecule is CCNCC(CCOCCOC)c1ccccc1Cl. The zero-order chi connectivity index (χ0) is 13.9. The topological polar surface area (TPSA) is 30.5 Å². The fourth-order valence-corrected chi connectivity index (χ4v) is 2.25. The standard InChI is InChI=1S/C15H24ClNO2/c1-3-17-12-13(8-9-19-11-10-18-2)14-6-4-5-7-15(14)16/h4-7,13,17H,3,8-12H2,1-2H3. The second-order valence-corrected chi connectivity index (χ2v) is 4.83. The van der Waals surface area contributed by atoms with E-state index in [1.54, 1.807) is 7.11 Å². The molecule has 0 fully saturated rings. The van der Waals surface area contributed by atoms with Crippen molar-refractivity contribution < 1.29 is 9.47 Å². The van der Waals surface area contributed by atoms with Crippen molar-refractivity contribution in [3.8, 4) is 0 Å². The summed E-state index contributed by atoms with van der Waals surface area (Å²) in [6.45, 7) is 6.01. The van der Waals surface area contributed by atoms with E-state index >= 15 is 0 Å². The summed E-state index contributed by atoms with van der Waals surface area (Å²) in [7, 11) is 1.68. The Bertz CT molecular complexity index is 347. The average Bonchev–Trinajstić information content (AvgIpc) is 2.43. The van der Waals surface area contributed by atoms with Gasteiger partial charge in [0.2, 0.25) is 0 Å². The number of methoxy groups -OCH3 is 1. The van der Waals surface area contributed by atoms with Crippen LogP contribution in [0.15, 0.2) is 24.3 Å². The first-order valence-electron chi connectivity index (χ1n) is 6.81. The molecule has 0 aliphatic heterocycles. The molecule has 19 heavy (non-hydrogen) atoms. The number of ether oxygens (including phenoxy) is 2. The van der Waals surface area contributed by atoms with Crippen LogP contribution in [0.4, 0.5) is 0 Å². The van der Waals surface area contributed by atoms with Gasteiger partial charge in [-0.25, -0.2) is 0 Å². The van der Waals surface area contributed by atoms with Gasteiger partial charge in [0.25, 0.3) is 0 Å². The Morgan fingerprint density at radius 3 is 2.68 bits per heavy atom. The summed E-state index contributed by atoms with van der Waals surface area (Å²) >= 11 is 6.27. The largest absolute Gasteiger partial charge is 0.382 e. The molecular formula is C15H24ClNO2. The lowest BCUT2D eigenvalue weighted by Gasteiger charge is -2.19. The molecule has 108 valence electrons. The van der Waals surface area contributed by atoms with Crippen LogP contribution in [0.2, 0.25) is 5.02 Å². The monoisotopic (exact) mass is 285 g/mol. The normalized spacial score (nSPS) is 12.6. The summed E-state index contributed by atoms with van der Waals surface area (Å²) in [6.07, 6.45) is 0.959. The predicted octanol–water partition coefficient (Wildman–Crippen LogP) is 3.09. The molecule has 3 nitrogen and oxygen atoms in total. The maximum absolute atomic E-state index is 6.27. The molecule has 0 saturated heterocycles. The minimum Gasteiger partial charge on any atom is -0.382 e. The van der Waals surface area contributed by atoms with Crippen molar-refractivity contribution in [2.45, 2.75) is 19.3 Å². The number of hydrogen-bond acceptors (Lipinski definition) is 3. The average molecular weight is 286 g/mol. The highest BCUT2D eigenvalue weighted by Gasteiger charge is 2.13. The van der Waals surface area contributed by atoms with E-state index in [1.807, 2.05) is 18.2 Å². The molecule has 0 saturated carbocycles. The maximum Gasteiger partial charge on any atom is 0.0700 e. The van der Waals surface area contributed by atoms with E-state index < -0.39 is 0 Å². The summed E-state index contributed by atoms with van der Waals surface area (Å²) in [5.41, 5.74) is 1.19. The summed E-state index contributed by atoms with van der Waals surface area (Å²) < 4.78 is 10.5. The molecule has 1 unspecified atom stereocenters. The van der Waals surface area contributed by atoms with Gasteiger partial charge in [-0.3, -0.25) is 0 Å². The van der Waals surface area contributed by atoms with Crippen LogP contribution in [-0.2, 0) is 9.47 Å². The van der Waals surface area contributed by atoms with Crippen LogP contribution in [0, 0.1) is 0 Å². The molecule has 0 aliphatic rings. The van der Waals surface area contributed by atoms with Crippen LogP contribution in [-0.4, -0.2) is 40.0 Å². The van der Waals surface area contributed by atoms with Crippen LogP contribution >= 0.6 is 11.6 Å². The van der Waals surface area contributed by atoms with E-state index in [4.69, 9.17) is 21.1 Å². The molecule has 0 spiro atoms. The molecule has 1 atom stereocenters. The first-order chi connectivity index (χ1) is 9.29. The molecular weight excluding hydrogens is 262 g/mol. The fraction of sp³-hybridized carbons (Fsp3) is 0.600. The fourth-order valence-electron chi connectivity index (χ4n) is 1.96. The Morgan fingerprint density at radius 2 is 2.00 bits per heavy atom. The number of rotatable bonds is 10. The molecule has 0 aromatic heterocycles. The van der Waals surface area contributed by atoms with Gasteiger partial charge >= 0.3 is 0 Å². The lowest BCUT2D eigenvalue weighted by molar-refractivity contribution is 0.0670. The van der Waals surface area contributed by atoms with Crippen LogP contribution in [0.3, 0.4) is 0 Å². The second-order valence-electron chi connectivity index (χ2n) is 4.42. The van der Waals surface area contributed by atoms with Gasteiger partial charge in [0, 0.05) is 25.3 Å². The van der Waals surface area contributed by atoms with Gasteiger partial charge < -0.3 is 14.8 Å². The predicted molar refractivity (Wildman–Crippen MR) is 80.0 cm³/mol. The van der Waals surface area contributed by atoms with Crippen LogP contribution in [0.1, 0.15) is 24.8 Å². The van der Waals surface area contributed by atoms with Crippen LogP contribution in [0.25, 0.3) is 0 Å². The molecule has 1 rings (SSSR count). The number of hydrogen-bond donors (Lipinski definition) is 1. The lowest BCUT2D eigenvalue weighted by atomic mass is 9.96. The number of nitrogens with one attached hydrogen (secondary N) is 1. The van der Waals surface area contributed by atoms with Crippen molar-refractivity contribution in [1.82, 2.24) is 5.32 Å². The van der Waals surface area contributed by atoms with Gasteiger partial charge in [-0.15, -0.1) is 0 Å². The number of halogens is 1. The van der Waals surface area contributed by atoms with Gasteiger partial charge in [-0.05, 0) is 30.5 Å². The van der Waals surface area contributed by atoms with E-state index in [0.717, 1.165) is 31.1 Å². The molecule has 1 aromatic carbocycles. The zero-order valence-electron chi connectivity index (χ0n) is 11.8. The van der Waals surface area contributed by atoms with Gasteiger partial charge in [0.15, 0.2) is 0 Å². The third kappa shape index (κ3) is 6.39. The van der Waals surface area contributed by atoms with E-state index in [0.29, 0.717) is 19.1 Å². The van der Waals surface area contributed by atoms with Crippen molar-refractivity contribution in [1.29, 1.82) is 0 Å². The van der Waals surface area contributed by atoms with Crippen molar-refractivity contribution in [2.24, 2.45) is 0 Å². The Kier molecular flexibility index (Phi) is 8.84. The highest BCUT2D eigenvalue weighted by Crippen LogP contribution is 2.26. The van der Waals surface area contributed by atoms with Crippen LogP contribution in [0.5, 0.6) is 0 Å². The lowest BCUT2D eigenvalue weighted by Crippen LogP contribution is -2.22. The molecule has 0 amide bonds. The molecule has 0 aliphatic carbocycles. The van der Waals surface area contributed by atoms with Crippen molar-refractivity contribution in [2.75, 3.05) is 40.0 Å². The summed E-state index contributed by atoms with van der Waals surface area (Å²) in [6, 6.07) is 8.04. The van der Waals surface area contributed by atoms with E-state index in [2.05, 4.69) is 18.3 Å². The van der Waals surface area contributed by atoms with E-state index in [1.165, 1.54) is 5.56 Å². The maximum atomic E-state index is 6.27. The highest BCUT2D eigenvalue weighted by atomic mass is 35.5. The van der Waals surface area contributed by atoms with Crippen molar-refractivity contribution >= 4 is 11.6 Å². The Hall–Kier alpha value is -0.610. The summed E-state index contributed by atoms with van der Waals surface area (Å²) in [4.78, 5) is 0. The Labute approximate surface area is 121 Å². The summed E-state index contributed by atoms with van der Waals surface area (Å²) in [5.74, 6) is 0.385. The number of benzene rings is 1. The van der Waals surface area contributed by atoms with Gasteiger partial charge in [0.1, 0.15) is 0 Å². The van der Waals surface area contributed by atoms with Gasteiger partial charge in [0.05, 0.1) is 13.2 Å². The van der Waals surface area contributed by atoms with Crippen molar-refractivity contribution in [3.63, 3.8) is 0 Å². The third-order valence-electron chi connectivity index (χ3n) is 3.03. The Balaban J connectivity index is 2.49. The highest BCUT2D eigenvalue weighted by molar-refractivity contribution is 6.31. The first kappa shape index (κ1) is 16.4. The molecule has 0 bridgehead atoms. The van der Waals surface area contributed by atoms with E-state index in [-0.39, 0.29) is 0 Å². The molecule has 0 radical (unpaired) electrons. The smallest absolute Gasteiger partial charge is 0.0700 e. The molecule has 1 aromatic rings. The molecule has 4 heteroatoms. The zero-order valence-corrected chi connectivity index (χ0v) is 12.6.